The standard InChI is InChI=1S/C16H13ClO3/c1-18-14-7-2-3-8-15(14)19-9-11-10-20-16-12(11)5-4-6-13(16)17/h2-8,10H,9H2,1H3. The van der Waals surface area contributed by atoms with Gasteiger partial charge in [0.25, 0.3) is 0 Å². The molecule has 102 valence electrons. The summed E-state index contributed by atoms with van der Waals surface area (Å²) < 4.78 is 16.5. The van der Waals surface area contributed by atoms with Crippen LogP contribution >= 0.6 is 11.6 Å². The zero-order valence-corrected chi connectivity index (χ0v) is 11.7. The maximum absolute atomic E-state index is 6.08. The summed E-state index contributed by atoms with van der Waals surface area (Å²) in [6.07, 6.45) is 1.67. The van der Waals surface area contributed by atoms with Gasteiger partial charge >= 0.3 is 0 Å². The van der Waals surface area contributed by atoms with E-state index in [1.54, 1.807) is 19.4 Å². The van der Waals surface area contributed by atoms with Crippen molar-refractivity contribution in [2.45, 2.75) is 6.61 Å². The second-order valence-corrected chi connectivity index (χ2v) is 4.72. The largest absolute Gasteiger partial charge is 0.493 e. The minimum Gasteiger partial charge on any atom is -0.493 e. The van der Waals surface area contributed by atoms with Gasteiger partial charge in [-0.3, -0.25) is 0 Å². The average molecular weight is 289 g/mol. The monoisotopic (exact) mass is 288 g/mol. The number of halogens is 1. The van der Waals surface area contributed by atoms with E-state index in [1.807, 2.05) is 36.4 Å². The van der Waals surface area contributed by atoms with Crippen molar-refractivity contribution in [2.75, 3.05) is 7.11 Å². The minimum absolute atomic E-state index is 0.397. The molecule has 0 fully saturated rings. The third-order valence-electron chi connectivity index (χ3n) is 3.08. The Bertz CT molecular complexity index is 733. The molecule has 3 nitrogen and oxygen atoms in total. The first-order valence-electron chi connectivity index (χ1n) is 6.20. The maximum Gasteiger partial charge on any atom is 0.161 e. The Morgan fingerprint density at radius 1 is 1.05 bits per heavy atom. The summed E-state index contributed by atoms with van der Waals surface area (Å²) in [5, 5.41) is 1.57. The lowest BCUT2D eigenvalue weighted by Gasteiger charge is -2.09. The van der Waals surface area contributed by atoms with Crippen LogP contribution in [0.1, 0.15) is 5.56 Å². The molecule has 0 spiro atoms. The van der Waals surface area contributed by atoms with Gasteiger partial charge in [0.2, 0.25) is 0 Å². The van der Waals surface area contributed by atoms with E-state index in [-0.39, 0.29) is 0 Å². The molecule has 0 unspecified atom stereocenters. The van der Waals surface area contributed by atoms with Gasteiger partial charge in [0.1, 0.15) is 6.61 Å². The van der Waals surface area contributed by atoms with E-state index in [0.717, 1.165) is 10.9 Å². The topological polar surface area (TPSA) is 31.6 Å². The summed E-state index contributed by atoms with van der Waals surface area (Å²) in [6.45, 7) is 0.397. The molecule has 0 amide bonds. The number of ether oxygens (including phenoxy) is 2. The predicted octanol–water partition coefficient (Wildman–Crippen LogP) is 4.67. The van der Waals surface area contributed by atoms with Gasteiger partial charge in [-0.25, -0.2) is 0 Å². The summed E-state index contributed by atoms with van der Waals surface area (Å²) in [6, 6.07) is 13.2. The van der Waals surface area contributed by atoms with Crippen LogP contribution in [0.4, 0.5) is 0 Å². The first-order valence-corrected chi connectivity index (χ1v) is 6.58. The number of methoxy groups -OCH3 is 1. The third kappa shape index (κ3) is 2.32. The van der Waals surface area contributed by atoms with Gasteiger partial charge in [0.05, 0.1) is 18.4 Å². The molecule has 0 radical (unpaired) electrons. The van der Waals surface area contributed by atoms with Gasteiger partial charge < -0.3 is 13.9 Å². The number of benzene rings is 2. The van der Waals surface area contributed by atoms with E-state index in [0.29, 0.717) is 28.7 Å². The van der Waals surface area contributed by atoms with E-state index >= 15 is 0 Å². The Morgan fingerprint density at radius 2 is 1.85 bits per heavy atom. The highest BCUT2D eigenvalue weighted by Crippen LogP contribution is 2.30. The summed E-state index contributed by atoms with van der Waals surface area (Å²) in [4.78, 5) is 0. The highest BCUT2D eigenvalue weighted by Gasteiger charge is 2.10. The van der Waals surface area contributed by atoms with Crippen molar-refractivity contribution in [3.05, 3.63) is 59.3 Å². The lowest BCUT2D eigenvalue weighted by molar-refractivity contribution is 0.284. The molecular weight excluding hydrogens is 276 g/mol. The molecule has 0 bridgehead atoms. The van der Waals surface area contributed by atoms with E-state index in [4.69, 9.17) is 25.5 Å². The first kappa shape index (κ1) is 12.9. The molecule has 0 aliphatic carbocycles. The highest BCUT2D eigenvalue weighted by atomic mass is 35.5. The summed E-state index contributed by atoms with van der Waals surface area (Å²) >= 11 is 6.08. The Kier molecular flexibility index (Phi) is 3.52. The molecule has 20 heavy (non-hydrogen) atoms. The maximum atomic E-state index is 6.08. The van der Waals surface area contributed by atoms with Crippen molar-refractivity contribution < 1.29 is 13.9 Å². The zero-order chi connectivity index (χ0) is 13.9. The van der Waals surface area contributed by atoms with Gasteiger partial charge in [-0.05, 0) is 18.2 Å². The molecule has 0 saturated heterocycles. The SMILES string of the molecule is COc1ccccc1OCc1coc2c(Cl)cccc12. The van der Waals surface area contributed by atoms with Gasteiger partial charge in [-0.15, -0.1) is 0 Å². The molecule has 0 N–H and O–H groups in total. The average Bonchev–Trinajstić information content (AvgIpc) is 2.90. The minimum atomic E-state index is 0.397. The van der Waals surface area contributed by atoms with E-state index in [9.17, 15) is 0 Å². The van der Waals surface area contributed by atoms with Crippen molar-refractivity contribution in [1.29, 1.82) is 0 Å². The fourth-order valence-electron chi connectivity index (χ4n) is 2.08. The van der Waals surface area contributed by atoms with Crippen LogP contribution < -0.4 is 9.47 Å². The number of para-hydroxylation sites is 3. The number of rotatable bonds is 4. The van der Waals surface area contributed by atoms with Crippen molar-refractivity contribution in [1.82, 2.24) is 0 Å². The molecule has 0 saturated carbocycles. The van der Waals surface area contributed by atoms with Gasteiger partial charge in [-0.1, -0.05) is 35.9 Å². The second kappa shape index (κ2) is 5.47. The Morgan fingerprint density at radius 3 is 2.65 bits per heavy atom. The smallest absolute Gasteiger partial charge is 0.161 e. The van der Waals surface area contributed by atoms with Crippen LogP contribution in [-0.4, -0.2) is 7.11 Å². The highest BCUT2D eigenvalue weighted by molar-refractivity contribution is 6.34. The molecule has 3 rings (SSSR count). The number of furan rings is 1. The van der Waals surface area contributed by atoms with E-state index in [2.05, 4.69) is 0 Å². The van der Waals surface area contributed by atoms with E-state index in [1.165, 1.54) is 0 Å². The molecule has 2 aromatic carbocycles. The molecular formula is C16H13ClO3. The van der Waals surface area contributed by atoms with Crippen LogP contribution in [0.25, 0.3) is 11.0 Å². The third-order valence-corrected chi connectivity index (χ3v) is 3.38. The van der Waals surface area contributed by atoms with Crippen LogP contribution in [0.5, 0.6) is 11.5 Å². The van der Waals surface area contributed by atoms with Crippen LogP contribution in [0.15, 0.2) is 53.1 Å². The molecule has 0 atom stereocenters. The molecule has 1 heterocycles. The van der Waals surface area contributed by atoms with Crippen LogP contribution in [0.3, 0.4) is 0 Å². The van der Waals surface area contributed by atoms with Crippen LogP contribution in [0, 0.1) is 0 Å². The van der Waals surface area contributed by atoms with Crippen LogP contribution in [-0.2, 0) is 6.61 Å². The van der Waals surface area contributed by atoms with Gasteiger partial charge in [0.15, 0.2) is 17.1 Å². The summed E-state index contributed by atoms with van der Waals surface area (Å²) in [5.74, 6) is 1.41. The Labute approximate surface area is 121 Å². The molecule has 3 aromatic rings. The molecule has 0 aliphatic rings. The number of fused-ring (bicyclic) bond motifs is 1. The van der Waals surface area contributed by atoms with Crippen molar-refractivity contribution >= 4 is 22.6 Å². The lowest BCUT2D eigenvalue weighted by atomic mass is 10.2. The summed E-state index contributed by atoms with van der Waals surface area (Å²) in [7, 11) is 1.62. The fourth-order valence-corrected chi connectivity index (χ4v) is 2.30. The van der Waals surface area contributed by atoms with Crippen molar-refractivity contribution in [3.8, 4) is 11.5 Å². The van der Waals surface area contributed by atoms with Gasteiger partial charge in [-0.2, -0.15) is 0 Å². The lowest BCUT2D eigenvalue weighted by Crippen LogP contribution is -1.96. The normalized spacial score (nSPS) is 10.7. The zero-order valence-electron chi connectivity index (χ0n) is 10.9. The fraction of sp³-hybridized carbons (Fsp3) is 0.125. The second-order valence-electron chi connectivity index (χ2n) is 4.32. The molecule has 0 aliphatic heterocycles. The van der Waals surface area contributed by atoms with Crippen molar-refractivity contribution in [2.24, 2.45) is 0 Å². The molecule has 1 aromatic heterocycles. The number of hydrogen-bond acceptors (Lipinski definition) is 3. The van der Waals surface area contributed by atoms with Gasteiger partial charge in [0, 0.05) is 10.9 Å². The Hall–Kier alpha value is -2.13. The van der Waals surface area contributed by atoms with Crippen LogP contribution in [0.2, 0.25) is 5.02 Å². The first-order chi connectivity index (χ1) is 9.79. The quantitative estimate of drug-likeness (QED) is 0.699. The Balaban J connectivity index is 1.85. The van der Waals surface area contributed by atoms with E-state index < -0.39 is 0 Å². The van der Waals surface area contributed by atoms with Crippen molar-refractivity contribution in [3.63, 3.8) is 0 Å². The number of hydrogen-bond donors (Lipinski definition) is 0. The summed E-state index contributed by atoms with van der Waals surface area (Å²) in [5.41, 5.74) is 1.64. The predicted molar refractivity (Wildman–Crippen MR) is 78.6 cm³/mol. The molecule has 4 heteroatoms.